The third kappa shape index (κ3) is 2.34. The van der Waals surface area contributed by atoms with Crippen LogP contribution in [0.15, 0.2) is 11.0 Å². The van der Waals surface area contributed by atoms with Crippen molar-refractivity contribution in [3.8, 4) is 0 Å². The van der Waals surface area contributed by atoms with E-state index in [1.54, 1.807) is 0 Å². The van der Waals surface area contributed by atoms with E-state index in [4.69, 9.17) is 16.4 Å². The summed E-state index contributed by atoms with van der Waals surface area (Å²) in [5.74, 6) is 3.58. The highest BCUT2D eigenvalue weighted by atomic mass is 19.1. The molecule has 0 aliphatic carbocycles. The molecule has 0 aromatic carbocycles. The van der Waals surface area contributed by atoms with Gasteiger partial charge in [0.15, 0.2) is 11.6 Å². The number of aliphatic hydroxyl groups excluding tert-OH is 1. The maximum Gasteiger partial charge on any atom is 0.351 e. The van der Waals surface area contributed by atoms with Crippen molar-refractivity contribution in [1.29, 1.82) is 0 Å². The van der Waals surface area contributed by atoms with E-state index in [1.807, 2.05) is 0 Å². The predicted molar refractivity (Wildman–Crippen MR) is 57.5 cm³/mol. The summed E-state index contributed by atoms with van der Waals surface area (Å²) in [5, 5.41) is 9.65. The topological polar surface area (TPSA) is 126 Å². The fourth-order valence-electron chi connectivity index (χ4n) is 1.79. The monoisotopic (exact) mass is 260 g/mol. The van der Waals surface area contributed by atoms with Crippen molar-refractivity contribution in [3.05, 3.63) is 22.5 Å². The van der Waals surface area contributed by atoms with Gasteiger partial charge in [-0.2, -0.15) is 4.98 Å². The molecule has 0 saturated carbocycles. The molecule has 1 aliphatic heterocycles. The van der Waals surface area contributed by atoms with Crippen LogP contribution in [0.1, 0.15) is 12.6 Å². The number of nitrogens with two attached hydrogens (primary N) is 2. The molecule has 2 rings (SSSR count). The van der Waals surface area contributed by atoms with Gasteiger partial charge in [0.25, 0.3) is 0 Å². The lowest BCUT2D eigenvalue weighted by Gasteiger charge is -2.15. The highest BCUT2D eigenvalue weighted by Crippen LogP contribution is 2.27. The Morgan fingerprint density at radius 3 is 3.11 bits per heavy atom. The van der Waals surface area contributed by atoms with Crippen LogP contribution in [-0.2, 0) is 9.57 Å². The zero-order valence-electron chi connectivity index (χ0n) is 9.32. The first-order valence-corrected chi connectivity index (χ1v) is 5.22. The molecule has 1 aromatic rings. The van der Waals surface area contributed by atoms with E-state index in [-0.39, 0.29) is 13.0 Å². The Bertz CT molecular complexity index is 494. The van der Waals surface area contributed by atoms with Crippen LogP contribution in [0.4, 0.5) is 10.2 Å². The largest absolute Gasteiger partial charge is 0.390 e. The Morgan fingerprint density at radius 2 is 2.44 bits per heavy atom. The molecule has 0 bridgehead atoms. The molecule has 0 amide bonds. The number of hydrogen-bond acceptors (Lipinski definition) is 7. The third-order valence-corrected chi connectivity index (χ3v) is 2.71. The van der Waals surface area contributed by atoms with Crippen molar-refractivity contribution in [2.45, 2.75) is 24.9 Å². The SMILES string of the molecule is NOC[C@H]1O[C@@H](n2cc(F)c(N)nc2=O)C[C@@H]1O. The lowest BCUT2D eigenvalue weighted by Crippen LogP contribution is -2.29. The van der Waals surface area contributed by atoms with Crippen LogP contribution < -0.4 is 17.3 Å². The number of nitrogen functional groups attached to an aromatic ring is 1. The molecule has 2 heterocycles. The van der Waals surface area contributed by atoms with E-state index in [9.17, 15) is 14.3 Å². The first kappa shape index (κ1) is 12.9. The minimum atomic E-state index is -0.855. The van der Waals surface area contributed by atoms with Gasteiger partial charge >= 0.3 is 5.69 Å². The van der Waals surface area contributed by atoms with Gasteiger partial charge in [-0.15, -0.1) is 0 Å². The molecular weight excluding hydrogens is 247 g/mol. The van der Waals surface area contributed by atoms with Gasteiger partial charge in [0.2, 0.25) is 0 Å². The van der Waals surface area contributed by atoms with Crippen LogP contribution >= 0.6 is 0 Å². The summed E-state index contributed by atoms with van der Waals surface area (Å²) in [6.45, 7) is -0.0305. The second kappa shape index (κ2) is 4.98. The molecule has 1 aromatic heterocycles. The standard InChI is InChI=1S/C9H13FN4O4/c10-4-2-14(9(16)13-8(4)11)7-1-5(15)6(18-7)3-17-12/h2,5-7,15H,1,3,12H2,(H2,11,13,16)/t5-,6+,7+/m0/s1. The number of aromatic nitrogens is 2. The van der Waals surface area contributed by atoms with Gasteiger partial charge in [-0.3, -0.25) is 4.57 Å². The Morgan fingerprint density at radius 1 is 1.72 bits per heavy atom. The van der Waals surface area contributed by atoms with Crippen LogP contribution in [0.3, 0.4) is 0 Å². The second-order valence-corrected chi connectivity index (χ2v) is 3.93. The minimum absolute atomic E-state index is 0.0305. The van der Waals surface area contributed by atoms with E-state index < -0.39 is 35.8 Å². The molecule has 100 valence electrons. The van der Waals surface area contributed by atoms with Crippen molar-refractivity contribution in [3.63, 3.8) is 0 Å². The average molecular weight is 260 g/mol. The van der Waals surface area contributed by atoms with Crippen molar-refractivity contribution in [2.75, 3.05) is 12.3 Å². The lowest BCUT2D eigenvalue weighted by atomic mass is 10.2. The molecule has 1 saturated heterocycles. The molecule has 1 aliphatic rings. The summed E-state index contributed by atoms with van der Waals surface area (Å²) in [4.78, 5) is 19.2. The number of aliphatic hydroxyl groups is 1. The number of rotatable bonds is 3. The predicted octanol–water partition coefficient (Wildman–Crippen LogP) is -1.50. The number of anilines is 1. The fourth-order valence-corrected chi connectivity index (χ4v) is 1.79. The van der Waals surface area contributed by atoms with Crippen LogP contribution in [0, 0.1) is 5.82 Å². The summed E-state index contributed by atoms with van der Waals surface area (Å²) >= 11 is 0. The van der Waals surface area contributed by atoms with Gasteiger partial charge in [-0.1, -0.05) is 0 Å². The van der Waals surface area contributed by atoms with Crippen LogP contribution in [0.25, 0.3) is 0 Å². The minimum Gasteiger partial charge on any atom is -0.390 e. The zero-order valence-corrected chi connectivity index (χ0v) is 9.32. The van der Waals surface area contributed by atoms with E-state index in [0.717, 1.165) is 10.8 Å². The van der Waals surface area contributed by atoms with Gasteiger partial charge in [-0.05, 0) is 0 Å². The normalized spacial score (nSPS) is 27.6. The van der Waals surface area contributed by atoms with Gasteiger partial charge < -0.3 is 20.4 Å². The second-order valence-electron chi connectivity index (χ2n) is 3.93. The molecule has 18 heavy (non-hydrogen) atoms. The Kier molecular flexibility index (Phi) is 3.57. The summed E-state index contributed by atoms with van der Waals surface area (Å²) in [6.07, 6.45) is -1.35. The molecule has 5 N–H and O–H groups in total. The Hall–Kier alpha value is -1.55. The highest BCUT2D eigenvalue weighted by Gasteiger charge is 2.35. The first-order valence-electron chi connectivity index (χ1n) is 5.22. The molecule has 1 fully saturated rings. The first-order chi connectivity index (χ1) is 8.52. The fraction of sp³-hybridized carbons (Fsp3) is 0.556. The number of nitrogens with zero attached hydrogens (tertiary/aromatic N) is 2. The molecule has 0 unspecified atom stereocenters. The van der Waals surface area contributed by atoms with Gasteiger partial charge in [0.05, 0.1) is 18.9 Å². The maximum absolute atomic E-state index is 13.2. The van der Waals surface area contributed by atoms with Crippen molar-refractivity contribution < 1.29 is 19.1 Å². The third-order valence-electron chi connectivity index (χ3n) is 2.71. The summed E-state index contributed by atoms with van der Waals surface area (Å²) in [7, 11) is 0. The number of ether oxygens (including phenoxy) is 1. The molecule has 0 radical (unpaired) electrons. The number of hydrogen-bond donors (Lipinski definition) is 3. The quantitative estimate of drug-likeness (QED) is 0.565. The Balaban J connectivity index is 2.24. The summed E-state index contributed by atoms with van der Waals surface area (Å²) in [5.41, 5.74) is 4.41. The summed E-state index contributed by atoms with van der Waals surface area (Å²) in [6, 6.07) is 0. The Labute approximate surface area is 101 Å². The average Bonchev–Trinajstić information content (AvgIpc) is 2.66. The van der Waals surface area contributed by atoms with Gasteiger partial charge in [0.1, 0.15) is 12.3 Å². The van der Waals surface area contributed by atoms with Crippen LogP contribution in [0.2, 0.25) is 0 Å². The molecule has 9 heteroatoms. The molecule has 0 spiro atoms. The summed E-state index contributed by atoms with van der Waals surface area (Å²) < 4.78 is 19.5. The van der Waals surface area contributed by atoms with Crippen molar-refractivity contribution in [2.24, 2.45) is 5.90 Å². The van der Waals surface area contributed by atoms with Gasteiger partial charge in [0, 0.05) is 6.42 Å². The van der Waals surface area contributed by atoms with Gasteiger partial charge in [-0.25, -0.2) is 15.1 Å². The maximum atomic E-state index is 13.2. The van der Waals surface area contributed by atoms with E-state index in [0.29, 0.717) is 0 Å². The van der Waals surface area contributed by atoms with Crippen LogP contribution in [-0.4, -0.2) is 33.5 Å². The van der Waals surface area contributed by atoms with E-state index >= 15 is 0 Å². The smallest absolute Gasteiger partial charge is 0.351 e. The van der Waals surface area contributed by atoms with Crippen molar-refractivity contribution >= 4 is 5.82 Å². The molecule has 3 atom stereocenters. The van der Waals surface area contributed by atoms with Crippen LogP contribution in [0.5, 0.6) is 0 Å². The molecule has 8 nitrogen and oxygen atoms in total. The zero-order chi connectivity index (χ0) is 13.3. The highest BCUT2D eigenvalue weighted by molar-refractivity contribution is 5.26. The number of halogens is 1. The lowest BCUT2D eigenvalue weighted by molar-refractivity contribution is -0.0643. The molecular formula is C9H13FN4O4. The van der Waals surface area contributed by atoms with E-state index in [1.165, 1.54) is 0 Å². The van der Waals surface area contributed by atoms with E-state index in [2.05, 4.69) is 9.82 Å². The van der Waals surface area contributed by atoms with Crippen molar-refractivity contribution in [1.82, 2.24) is 9.55 Å².